The lowest BCUT2D eigenvalue weighted by molar-refractivity contribution is 0.0774. The maximum Gasteiger partial charge on any atom is 0.257 e. The average molecular weight is 372 g/mol. The van der Waals surface area contributed by atoms with E-state index in [9.17, 15) is 4.79 Å². The number of rotatable bonds is 6. The van der Waals surface area contributed by atoms with Crippen LogP contribution in [-0.2, 0) is 0 Å². The van der Waals surface area contributed by atoms with E-state index in [4.69, 9.17) is 20.9 Å². The molecule has 26 heavy (non-hydrogen) atoms. The Morgan fingerprint density at radius 1 is 1.15 bits per heavy atom. The second kappa shape index (κ2) is 8.01. The summed E-state index contributed by atoms with van der Waals surface area (Å²) in [5.41, 5.74) is 1.36. The molecular formula is C19H18ClN3O3. The van der Waals surface area contributed by atoms with Gasteiger partial charge in [-0.3, -0.25) is 4.79 Å². The first kappa shape index (κ1) is 17.9. The molecule has 0 saturated heterocycles. The number of halogens is 1. The van der Waals surface area contributed by atoms with E-state index >= 15 is 0 Å². The number of amides is 1. The Hall–Kier alpha value is -2.86. The third kappa shape index (κ3) is 4.40. The summed E-state index contributed by atoms with van der Waals surface area (Å²) in [4.78, 5) is 18.3. The van der Waals surface area contributed by atoms with Crippen LogP contribution in [0.4, 0.5) is 0 Å². The highest BCUT2D eigenvalue weighted by Gasteiger charge is 2.13. The Labute approximate surface area is 156 Å². The molecule has 1 heterocycles. The lowest BCUT2D eigenvalue weighted by Gasteiger charge is -2.17. The van der Waals surface area contributed by atoms with E-state index in [1.54, 1.807) is 67.4 Å². The Kier molecular flexibility index (Phi) is 5.53. The molecule has 0 atom stereocenters. The van der Waals surface area contributed by atoms with E-state index in [1.165, 1.54) is 0 Å². The summed E-state index contributed by atoms with van der Waals surface area (Å²) in [6.07, 6.45) is 0. The van der Waals surface area contributed by atoms with E-state index in [1.807, 2.05) is 0 Å². The topological polar surface area (TPSA) is 68.5 Å². The summed E-state index contributed by atoms with van der Waals surface area (Å²) in [7, 11) is 1.74. The lowest BCUT2D eigenvalue weighted by Crippen LogP contribution is -2.30. The summed E-state index contributed by atoms with van der Waals surface area (Å²) >= 11 is 5.84. The van der Waals surface area contributed by atoms with Gasteiger partial charge in [0, 0.05) is 23.2 Å². The molecule has 0 aliphatic rings. The van der Waals surface area contributed by atoms with E-state index in [-0.39, 0.29) is 5.91 Å². The van der Waals surface area contributed by atoms with Crippen LogP contribution in [0.15, 0.2) is 53.1 Å². The summed E-state index contributed by atoms with van der Waals surface area (Å²) < 4.78 is 10.7. The number of hydrogen-bond donors (Lipinski definition) is 0. The van der Waals surface area contributed by atoms with Crippen LogP contribution in [0, 0.1) is 6.92 Å². The van der Waals surface area contributed by atoms with Gasteiger partial charge in [0.25, 0.3) is 11.8 Å². The van der Waals surface area contributed by atoms with Crippen LogP contribution >= 0.6 is 11.6 Å². The van der Waals surface area contributed by atoms with Crippen molar-refractivity contribution in [2.24, 2.45) is 0 Å². The van der Waals surface area contributed by atoms with Gasteiger partial charge in [-0.25, -0.2) is 0 Å². The van der Waals surface area contributed by atoms with Crippen molar-refractivity contribution in [1.82, 2.24) is 15.0 Å². The maximum absolute atomic E-state index is 12.5. The van der Waals surface area contributed by atoms with Crippen LogP contribution in [0.2, 0.25) is 5.02 Å². The maximum atomic E-state index is 12.5. The average Bonchev–Trinajstić information content (AvgIpc) is 3.09. The standard InChI is InChI=1S/C19H18ClN3O3/c1-13-21-18(26-22-13)14-3-5-15(6-4-14)19(24)23(2)11-12-25-17-9-7-16(20)8-10-17/h3-10H,11-12H2,1-2H3. The molecule has 0 aliphatic heterocycles. The van der Waals surface area contributed by atoms with Crippen molar-refractivity contribution in [1.29, 1.82) is 0 Å². The Morgan fingerprint density at radius 2 is 1.85 bits per heavy atom. The molecule has 134 valence electrons. The highest BCUT2D eigenvalue weighted by atomic mass is 35.5. The molecule has 0 aliphatic carbocycles. The molecule has 1 aromatic heterocycles. The predicted molar refractivity (Wildman–Crippen MR) is 98.4 cm³/mol. The number of benzene rings is 2. The number of carbonyl (C=O) groups is 1. The Morgan fingerprint density at radius 3 is 2.46 bits per heavy atom. The lowest BCUT2D eigenvalue weighted by atomic mass is 10.1. The van der Waals surface area contributed by atoms with Crippen molar-refractivity contribution in [2.45, 2.75) is 6.92 Å². The number of aromatic nitrogens is 2. The second-order valence-corrected chi connectivity index (χ2v) is 6.19. The van der Waals surface area contributed by atoms with Gasteiger partial charge in [0.1, 0.15) is 12.4 Å². The van der Waals surface area contributed by atoms with Gasteiger partial charge in [0.2, 0.25) is 0 Å². The van der Waals surface area contributed by atoms with Gasteiger partial charge in [-0.1, -0.05) is 16.8 Å². The first-order valence-electron chi connectivity index (χ1n) is 8.07. The zero-order chi connectivity index (χ0) is 18.5. The van der Waals surface area contributed by atoms with Crippen molar-refractivity contribution in [3.8, 4) is 17.2 Å². The molecule has 6 nitrogen and oxygen atoms in total. The van der Waals surface area contributed by atoms with E-state index in [0.717, 1.165) is 11.3 Å². The van der Waals surface area contributed by atoms with Crippen molar-refractivity contribution in [3.05, 3.63) is 64.9 Å². The molecule has 0 spiro atoms. The summed E-state index contributed by atoms with van der Waals surface area (Å²) in [5, 5.41) is 4.42. The molecule has 0 saturated carbocycles. The van der Waals surface area contributed by atoms with Gasteiger partial charge in [-0.2, -0.15) is 4.98 Å². The number of aryl methyl sites for hydroxylation is 1. The van der Waals surface area contributed by atoms with Crippen molar-refractivity contribution >= 4 is 17.5 Å². The molecular weight excluding hydrogens is 354 g/mol. The van der Waals surface area contributed by atoms with Crippen LogP contribution in [0.25, 0.3) is 11.5 Å². The first-order chi connectivity index (χ1) is 12.5. The van der Waals surface area contributed by atoms with Gasteiger partial charge < -0.3 is 14.2 Å². The second-order valence-electron chi connectivity index (χ2n) is 5.75. The zero-order valence-electron chi connectivity index (χ0n) is 14.5. The zero-order valence-corrected chi connectivity index (χ0v) is 15.2. The van der Waals surface area contributed by atoms with Crippen LogP contribution in [0.3, 0.4) is 0 Å². The molecule has 1 amide bonds. The minimum Gasteiger partial charge on any atom is -0.492 e. The van der Waals surface area contributed by atoms with E-state index in [0.29, 0.717) is 35.5 Å². The minimum absolute atomic E-state index is 0.0852. The molecule has 0 N–H and O–H groups in total. The fraction of sp³-hybridized carbons (Fsp3) is 0.211. The molecule has 2 aromatic carbocycles. The SMILES string of the molecule is Cc1noc(-c2ccc(C(=O)N(C)CCOc3ccc(Cl)cc3)cc2)n1. The molecule has 0 bridgehead atoms. The molecule has 0 radical (unpaired) electrons. The van der Waals surface area contributed by atoms with Gasteiger partial charge >= 0.3 is 0 Å². The molecule has 3 rings (SSSR count). The van der Waals surface area contributed by atoms with Gasteiger partial charge in [-0.15, -0.1) is 0 Å². The summed E-state index contributed by atoms with van der Waals surface area (Å²) in [6, 6.07) is 14.2. The number of carbonyl (C=O) groups excluding carboxylic acids is 1. The number of likely N-dealkylation sites (N-methyl/N-ethyl adjacent to an activating group) is 1. The van der Waals surface area contributed by atoms with Crippen LogP contribution < -0.4 is 4.74 Å². The van der Waals surface area contributed by atoms with Crippen molar-refractivity contribution < 1.29 is 14.1 Å². The molecule has 0 unspecified atom stereocenters. The first-order valence-corrected chi connectivity index (χ1v) is 8.45. The molecule has 3 aromatic rings. The quantitative estimate of drug-likeness (QED) is 0.658. The normalized spacial score (nSPS) is 10.6. The minimum atomic E-state index is -0.0852. The van der Waals surface area contributed by atoms with Gasteiger partial charge in [0.15, 0.2) is 5.82 Å². The van der Waals surface area contributed by atoms with Gasteiger partial charge in [0.05, 0.1) is 6.54 Å². The molecule has 0 fully saturated rings. The van der Waals surface area contributed by atoms with E-state index in [2.05, 4.69) is 10.1 Å². The van der Waals surface area contributed by atoms with Crippen LogP contribution in [0.1, 0.15) is 16.2 Å². The van der Waals surface area contributed by atoms with Crippen LogP contribution in [0.5, 0.6) is 5.75 Å². The highest BCUT2D eigenvalue weighted by molar-refractivity contribution is 6.30. The Balaban J connectivity index is 1.55. The third-order valence-electron chi connectivity index (χ3n) is 3.76. The fourth-order valence-electron chi connectivity index (χ4n) is 2.32. The smallest absolute Gasteiger partial charge is 0.257 e. The summed E-state index contributed by atoms with van der Waals surface area (Å²) in [6.45, 7) is 2.61. The van der Waals surface area contributed by atoms with Crippen molar-refractivity contribution in [2.75, 3.05) is 20.2 Å². The third-order valence-corrected chi connectivity index (χ3v) is 4.01. The van der Waals surface area contributed by atoms with E-state index < -0.39 is 0 Å². The predicted octanol–water partition coefficient (Wildman–Crippen LogP) is 3.85. The van der Waals surface area contributed by atoms with Crippen LogP contribution in [-0.4, -0.2) is 41.1 Å². The monoisotopic (exact) mass is 371 g/mol. The highest BCUT2D eigenvalue weighted by Crippen LogP contribution is 2.18. The number of ether oxygens (including phenoxy) is 1. The largest absolute Gasteiger partial charge is 0.492 e. The Bertz CT molecular complexity index is 876. The summed E-state index contributed by atoms with van der Waals surface area (Å²) in [5.74, 6) is 1.64. The number of nitrogens with zero attached hydrogens (tertiary/aromatic N) is 3. The molecule has 7 heteroatoms. The van der Waals surface area contributed by atoms with Crippen molar-refractivity contribution in [3.63, 3.8) is 0 Å². The number of hydrogen-bond acceptors (Lipinski definition) is 5. The fourth-order valence-corrected chi connectivity index (χ4v) is 2.45. The van der Waals surface area contributed by atoms with Gasteiger partial charge in [-0.05, 0) is 55.5 Å².